The van der Waals surface area contributed by atoms with Crippen LogP contribution in [-0.4, -0.2) is 22.8 Å². The van der Waals surface area contributed by atoms with Gasteiger partial charge in [-0.3, -0.25) is 0 Å². The first-order valence-electron chi connectivity index (χ1n) is 7.30. The maximum absolute atomic E-state index is 11.5. The van der Waals surface area contributed by atoms with Gasteiger partial charge in [0.2, 0.25) is 0 Å². The molecule has 3 rings (SSSR count). The Bertz CT molecular complexity index is 804. The van der Waals surface area contributed by atoms with Gasteiger partial charge in [-0.15, -0.1) is 0 Å². The Morgan fingerprint density at radius 2 is 1.74 bits per heavy atom. The van der Waals surface area contributed by atoms with E-state index in [-0.39, 0.29) is 0 Å². The molecule has 0 bridgehead atoms. The Labute approximate surface area is 134 Å². The van der Waals surface area contributed by atoms with E-state index >= 15 is 0 Å². The van der Waals surface area contributed by atoms with E-state index in [1.807, 2.05) is 65.4 Å². The molecule has 0 aliphatic heterocycles. The third-order valence-electron chi connectivity index (χ3n) is 3.75. The van der Waals surface area contributed by atoms with E-state index in [0.717, 1.165) is 16.9 Å². The maximum atomic E-state index is 11.5. The number of carboxylic acids is 1. The van der Waals surface area contributed by atoms with E-state index in [4.69, 9.17) is 4.74 Å². The number of carbonyl (C=O) groups is 1. The molecule has 1 heterocycles. The van der Waals surface area contributed by atoms with Gasteiger partial charge in [-0.05, 0) is 29.3 Å². The lowest BCUT2D eigenvalue weighted by Gasteiger charge is -2.11. The Morgan fingerprint density at radius 1 is 1.04 bits per heavy atom. The normalized spacial score (nSPS) is 10.5. The zero-order chi connectivity index (χ0) is 16.2. The van der Waals surface area contributed by atoms with E-state index in [1.54, 1.807) is 13.2 Å². The molecule has 0 radical (unpaired) electrons. The summed E-state index contributed by atoms with van der Waals surface area (Å²) < 4.78 is 7.12. The predicted octanol–water partition coefficient (Wildman–Crippen LogP) is 3.91. The fraction of sp³-hybridized carbons (Fsp3) is 0.105. The molecule has 4 nitrogen and oxygen atoms in total. The van der Waals surface area contributed by atoms with Crippen LogP contribution < -0.4 is 4.74 Å². The van der Waals surface area contributed by atoms with Crippen LogP contribution in [0.15, 0.2) is 66.9 Å². The van der Waals surface area contributed by atoms with Crippen LogP contribution >= 0.6 is 0 Å². The molecule has 1 aromatic heterocycles. The number of hydrogen-bond donors (Lipinski definition) is 1. The van der Waals surface area contributed by atoms with Gasteiger partial charge in [-0.1, -0.05) is 42.5 Å². The maximum Gasteiger partial charge on any atom is 0.337 e. The van der Waals surface area contributed by atoms with Crippen molar-refractivity contribution < 1.29 is 14.6 Å². The Morgan fingerprint density at radius 3 is 2.35 bits per heavy atom. The first-order valence-corrected chi connectivity index (χ1v) is 7.30. The van der Waals surface area contributed by atoms with Crippen molar-refractivity contribution in [3.05, 3.63) is 78.0 Å². The van der Waals surface area contributed by atoms with E-state index in [2.05, 4.69) is 0 Å². The Hall–Kier alpha value is -3.01. The summed E-state index contributed by atoms with van der Waals surface area (Å²) in [5.41, 5.74) is 3.00. The van der Waals surface area contributed by atoms with Crippen LogP contribution in [0.1, 0.15) is 15.9 Å². The number of aromatic carboxylic acids is 1. The molecule has 3 aromatic rings. The third kappa shape index (κ3) is 3.11. The molecule has 4 heteroatoms. The molecule has 0 saturated heterocycles. The van der Waals surface area contributed by atoms with Crippen molar-refractivity contribution in [1.82, 2.24) is 4.57 Å². The second-order valence-corrected chi connectivity index (χ2v) is 5.23. The average Bonchev–Trinajstić information content (AvgIpc) is 3.00. The van der Waals surface area contributed by atoms with Gasteiger partial charge < -0.3 is 14.4 Å². The zero-order valence-electron chi connectivity index (χ0n) is 12.8. The van der Waals surface area contributed by atoms with Crippen LogP contribution in [0.5, 0.6) is 5.75 Å². The van der Waals surface area contributed by atoms with E-state index in [0.29, 0.717) is 17.8 Å². The van der Waals surface area contributed by atoms with Crippen LogP contribution in [0.4, 0.5) is 0 Å². The first-order chi connectivity index (χ1) is 11.2. The number of rotatable bonds is 5. The first kappa shape index (κ1) is 14.9. The van der Waals surface area contributed by atoms with Gasteiger partial charge in [0, 0.05) is 12.7 Å². The molecular formula is C19H17NO3. The number of nitrogens with zero attached hydrogens (tertiary/aromatic N) is 1. The summed E-state index contributed by atoms with van der Waals surface area (Å²) in [6.07, 6.45) is 1.82. The molecule has 0 unspecified atom stereocenters. The molecule has 1 N–H and O–H groups in total. The van der Waals surface area contributed by atoms with Crippen LogP contribution in [0.3, 0.4) is 0 Å². The van der Waals surface area contributed by atoms with Gasteiger partial charge in [0.15, 0.2) is 0 Å². The Balaban J connectivity index is 2.00. The van der Waals surface area contributed by atoms with E-state index < -0.39 is 5.97 Å². The molecule has 0 saturated carbocycles. The smallest absolute Gasteiger partial charge is 0.337 e. The van der Waals surface area contributed by atoms with Crippen molar-refractivity contribution in [2.75, 3.05) is 7.11 Å². The van der Waals surface area contributed by atoms with Crippen molar-refractivity contribution in [2.45, 2.75) is 6.54 Å². The van der Waals surface area contributed by atoms with Crippen molar-refractivity contribution in [3.8, 4) is 17.0 Å². The number of aromatic nitrogens is 1. The molecule has 23 heavy (non-hydrogen) atoms. The van der Waals surface area contributed by atoms with Crippen molar-refractivity contribution in [3.63, 3.8) is 0 Å². The highest BCUT2D eigenvalue weighted by Gasteiger charge is 2.16. The monoisotopic (exact) mass is 307 g/mol. The quantitative estimate of drug-likeness (QED) is 0.777. The van der Waals surface area contributed by atoms with Crippen LogP contribution in [0, 0.1) is 0 Å². The number of ether oxygens (including phenoxy) is 1. The average molecular weight is 307 g/mol. The lowest BCUT2D eigenvalue weighted by Crippen LogP contribution is -2.04. The van der Waals surface area contributed by atoms with E-state index in [9.17, 15) is 9.90 Å². The minimum atomic E-state index is -0.919. The van der Waals surface area contributed by atoms with E-state index in [1.165, 1.54) is 0 Å². The number of carboxylic acid groups (broad SMARTS) is 1. The highest BCUT2D eigenvalue weighted by molar-refractivity contribution is 5.95. The topological polar surface area (TPSA) is 51.5 Å². The highest BCUT2D eigenvalue weighted by atomic mass is 16.5. The lowest BCUT2D eigenvalue weighted by molar-refractivity contribution is 0.0698. The van der Waals surface area contributed by atoms with Gasteiger partial charge in [-0.25, -0.2) is 4.79 Å². The van der Waals surface area contributed by atoms with Crippen LogP contribution in [0.2, 0.25) is 0 Å². The van der Waals surface area contributed by atoms with Gasteiger partial charge in [0.25, 0.3) is 0 Å². The molecule has 0 fully saturated rings. The molecule has 0 atom stereocenters. The van der Waals surface area contributed by atoms with Gasteiger partial charge in [0.05, 0.1) is 18.4 Å². The van der Waals surface area contributed by atoms with Gasteiger partial charge in [0.1, 0.15) is 5.75 Å². The molecule has 116 valence electrons. The third-order valence-corrected chi connectivity index (χ3v) is 3.75. The largest absolute Gasteiger partial charge is 0.497 e. The number of methoxy groups -OCH3 is 1. The fourth-order valence-electron chi connectivity index (χ4n) is 2.62. The predicted molar refractivity (Wildman–Crippen MR) is 88.9 cm³/mol. The van der Waals surface area contributed by atoms with Crippen LogP contribution in [0.25, 0.3) is 11.3 Å². The van der Waals surface area contributed by atoms with Crippen LogP contribution in [-0.2, 0) is 6.54 Å². The molecular weight excluding hydrogens is 290 g/mol. The fourth-order valence-corrected chi connectivity index (χ4v) is 2.62. The summed E-state index contributed by atoms with van der Waals surface area (Å²) in [6.45, 7) is 0.599. The minimum absolute atomic E-state index is 0.310. The van der Waals surface area contributed by atoms with Crippen molar-refractivity contribution in [2.24, 2.45) is 0 Å². The standard InChI is InChI=1S/C19H17NO3/c1-23-16-9-7-14(8-10-16)13-20-12-11-17(19(21)22)18(20)15-5-3-2-4-6-15/h2-12H,13H2,1H3,(H,21,22). The second kappa shape index (κ2) is 6.40. The minimum Gasteiger partial charge on any atom is -0.497 e. The summed E-state index contributed by atoms with van der Waals surface area (Å²) in [4.78, 5) is 11.5. The second-order valence-electron chi connectivity index (χ2n) is 5.23. The van der Waals surface area contributed by atoms with Gasteiger partial charge >= 0.3 is 5.97 Å². The summed E-state index contributed by atoms with van der Waals surface area (Å²) in [5, 5.41) is 9.44. The SMILES string of the molecule is COc1ccc(Cn2ccc(C(=O)O)c2-c2ccccc2)cc1. The summed E-state index contributed by atoms with van der Waals surface area (Å²) in [5.74, 6) is -0.118. The summed E-state index contributed by atoms with van der Waals surface area (Å²) >= 11 is 0. The molecule has 0 aliphatic rings. The Kier molecular flexibility index (Phi) is 4.15. The number of benzene rings is 2. The lowest BCUT2D eigenvalue weighted by atomic mass is 10.1. The molecule has 2 aromatic carbocycles. The van der Waals surface area contributed by atoms with Gasteiger partial charge in [-0.2, -0.15) is 0 Å². The molecule has 0 amide bonds. The molecule has 0 aliphatic carbocycles. The van der Waals surface area contributed by atoms with Crippen molar-refractivity contribution >= 4 is 5.97 Å². The summed E-state index contributed by atoms with van der Waals surface area (Å²) in [7, 11) is 1.63. The number of hydrogen-bond acceptors (Lipinski definition) is 2. The zero-order valence-corrected chi connectivity index (χ0v) is 12.8. The highest BCUT2D eigenvalue weighted by Crippen LogP contribution is 2.26. The molecule has 0 spiro atoms. The van der Waals surface area contributed by atoms with Crippen molar-refractivity contribution in [1.29, 1.82) is 0 Å². The summed E-state index contributed by atoms with van der Waals surface area (Å²) in [6, 6.07) is 19.0.